The molecule has 0 radical (unpaired) electrons. The van der Waals surface area contributed by atoms with Crippen LogP contribution in [0.1, 0.15) is 68.6 Å². The molecule has 0 aliphatic heterocycles. The van der Waals surface area contributed by atoms with Gasteiger partial charge in [0, 0.05) is 16.5 Å². The summed E-state index contributed by atoms with van der Waals surface area (Å²) < 4.78 is 40.8. The molecule has 0 aromatic heterocycles. The molecule has 0 spiro atoms. The first-order valence-corrected chi connectivity index (χ1v) is 12.3. The van der Waals surface area contributed by atoms with Gasteiger partial charge in [-0.25, -0.2) is 13.2 Å². The second kappa shape index (κ2) is 11.4. The Hall–Kier alpha value is -2.99. The Morgan fingerprint density at radius 1 is 0.794 bits per heavy atom. The fraction of sp³-hybridized carbons (Fsp3) is 0.355. The topological polar surface area (TPSA) is 0 Å². The van der Waals surface area contributed by atoms with Crippen LogP contribution in [0.25, 0.3) is 10.8 Å². The molecule has 1 fully saturated rings. The molecule has 3 aromatic rings. The van der Waals surface area contributed by atoms with Gasteiger partial charge in [0.1, 0.15) is 0 Å². The predicted molar refractivity (Wildman–Crippen MR) is 134 cm³/mol. The molecule has 0 nitrogen and oxygen atoms in total. The highest BCUT2D eigenvalue weighted by atomic mass is 19.2. The highest BCUT2D eigenvalue weighted by Crippen LogP contribution is 2.34. The summed E-state index contributed by atoms with van der Waals surface area (Å²) in [6.07, 6.45) is 14.8. The molecular formula is C31H31F3. The Kier molecular flexibility index (Phi) is 8.12. The summed E-state index contributed by atoms with van der Waals surface area (Å²) in [5, 5.41) is 0.348. The van der Waals surface area contributed by atoms with Gasteiger partial charge < -0.3 is 0 Å². The Morgan fingerprint density at radius 2 is 1.44 bits per heavy atom. The van der Waals surface area contributed by atoms with E-state index in [2.05, 4.69) is 43.0 Å². The van der Waals surface area contributed by atoms with E-state index >= 15 is 0 Å². The van der Waals surface area contributed by atoms with Crippen LogP contribution in [-0.4, -0.2) is 0 Å². The lowest BCUT2D eigenvalue weighted by atomic mass is 9.78. The number of benzene rings is 3. The second-order valence-corrected chi connectivity index (χ2v) is 9.44. The van der Waals surface area contributed by atoms with E-state index in [0.29, 0.717) is 10.9 Å². The van der Waals surface area contributed by atoms with Gasteiger partial charge in [-0.05, 0) is 85.7 Å². The van der Waals surface area contributed by atoms with Gasteiger partial charge >= 0.3 is 0 Å². The first kappa shape index (κ1) is 24.1. The smallest absolute Gasteiger partial charge is 0.195 e. The van der Waals surface area contributed by atoms with Gasteiger partial charge in [-0.3, -0.25) is 0 Å². The van der Waals surface area contributed by atoms with E-state index < -0.39 is 17.5 Å². The summed E-state index contributed by atoms with van der Waals surface area (Å²) >= 11 is 0. The SMILES string of the molecule is C/C=C/CCC1CCC(CCc2ccc(C#Cc3ccc4c(F)c(F)c(F)cc4c3)cc2)CC1. The lowest BCUT2D eigenvalue weighted by Gasteiger charge is -2.28. The quantitative estimate of drug-likeness (QED) is 0.196. The largest absolute Gasteiger partial charge is 0.204 e. The molecule has 3 heteroatoms. The molecule has 0 unspecified atom stereocenters. The molecule has 1 saturated carbocycles. The molecular weight excluding hydrogens is 429 g/mol. The molecule has 34 heavy (non-hydrogen) atoms. The number of fused-ring (bicyclic) bond motifs is 1. The number of rotatable bonds is 6. The van der Waals surface area contributed by atoms with E-state index in [9.17, 15) is 13.2 Å². The highest BCUT2D eigenvalue weighted by Gasteiger charge is 2.20. The third-order valence-electron chi connectivity index (χ3n) is 7.06. The van der Waals surface area contributed by atoms with Gasteiger partial charge in [0.05, 0.1) is 0 Å². The average Bonchev–Trinajstić information content (AvgIpc) is 2.86. The molecule has 176 valence electrons. The first-order valence-electron chi connectivity index (χ1n) is 12.3. The van der Waals surface area contributed by atoms with Gasteiger partial charge in [-0.2, -0.15) is 0 Å². The zero-order valence-electron chi connectivity index (χ0n) is 19.7. The fourth-order valence-electron chi connectivity index (χ4n) is 4.96. The van der Waals surface area contributed by atoms with Crippen molar-refractivity contribution in [3.63, 3.8) is 0 Å². The van der Waals surface area contributed by atoms with E-state index in [0.717, 1.165) is 29.9 Å². The molecule has 0 bridgehead atoms. The van der Waals surface area contributed by atoms with Gasteiger partial charge in [0.15, 0.2) is 17.5 Å². The minimum atomic E-state index is -1.45. The molecule has 4 rings (SSSR count). The molecule has 0 N–H and O–H groups in total. The van der Waals surface area contributed by atoms with Gasteiger partial charge in [-0.15, -0.1) is 0 Å². The van der Waals surface area contributed by atoms with Crippen LogP contribution in [0.4, 0.5) is 13.2 Å². The maximum Gasteiger partial charge on any atom is 0.195 e. The minimum Gasteiger partial charge on any atom is -0.204 e. The van der Waals surface area contributed by atoms with E-state index in [1.807, 2.05) is 12.1 Å². The summed E-state index contributed by atoms with van der Waals surface area (Å²) in [4.78, 5) is 0. The lowest BCUT2D eigenvalue weighted by Crippen LogP contribution is -2.15. The van der Waals surface area contributed by atoms with Crippen molar-refractivity contribution in [3.8, 4) is 11.8 Å². The molecule has 1 aliphatic rings. The number of allylic oxidation sites excluding steroid dienone is 2. The van der Waals surface area contributed by atoms with Crippen molar-refractivity contribution >= 4 is 10.8 Å². The van der Waals surface area contributed by atoms with Crippen LogP contribution >= 0.6 is 0 Å². The summed E-state index contributed by atoms with van der Waals surface area (Å²) in [6.45, 7) is 2.09. The Bertz CT molecular complexity index is 1200. The van der Waals surface area contributed by atoms with Crippen LogP contribution in [0.2, 0.25) is 0 Å². The van der Waals surface area contributed by atoms with Gasteiger partial charge in [0.25, 0.3) is 0 Å². The van der Waals surface area contributed by atoms with Crippen LogP contribution in [0.5, 0.6) is 0 Å². The number of hydrogen-bond donors (Lipinski definition) is 0. The molecule has 1 aliphatic carbocycles. The lowest BCUT2D eigenvalue weighted by molar-refractivity contribution is 0.254. The fourth-order valence-corrected chi connectivity index (χ4v) is 4.96. The highest BCUT2D eigenvalue weighted by molar-refractivity contribution is 5.84. The molecule has 0 heterocycles. The normalized spacial score (nSPS) is 18.2. The van der Waals surface area contributed by atoms with Crippen molar-refractivity contribution in [3.05, 3.63) is 94.8 Å². The Labute approximate surface area is 200 Å². The zero-order valence-corrected chi connectivity index (χ0v) is 19.7. The van der Waals surface area contributed by atoms with E-state index in [1.165, 1.54) is 56.6 Å². The molecule has 0 amide bonds. The van der Waals surface area contributed by atoms with Crippen molar-refractivity contribution < 1.29 is 13.2 Å². The molecule has 3 aromatic carbocycles. The van der Waals surface area contributed by atoms with Crippen molar-refractivity contribution in [1.29, 1.82) is 0 Å². The van der Waals surface area contributed by atoms with Crippen LogP contribution in [0.3, 0.4) is 0 Å². The standard InChI is InChI=1S/C31H31F3/c1-2-3-4-5-22-6-8-23(9-7-22)10-11-24-12-14-25(15-13-24)16-17-26-18-19-28-27(20-26)21-29(32)31(34)30(28)33/h2-3,12-15,18-23H,4-11H2,1H3/b3-2+. The molecule has 0 atom stereocenters. The van der Waals surface area contributed by atoms with Crippen molar-refractivity contribution in [2.24, 2.45) is 11.8 Å². The predicted octanol–water partition coefficient (Wildman–Crippen LogP) is 8.75. The summed E-state index contributed by atoms with van der Waals surface area (Å²) in [5.41, 5.74) is 2.85. The van der Waals surface area contributed by atoms with Gasteiger partial charge in [0.2, 0.25) is 0 Å². The van der Waals surface area contributed by atoms with Crippen LogP contribution in [0.15, 0.2) is 60.7 Å². The van der Waals surface area contributed by atoms with Crippen molar-refractivity contribution in [2.75, 3.05) is 0 Å². The second-order valence-electron chi connectivity index (χ2n) is 9.44. The third kappa shape index (κ3) is 6.11. The average molecular weight is 461 g/mol. The Balaban J connectivity index is 1.31. The van der Waals surface area contributed by atoms with Crippen LogP contribution in [-0.2, 0) is 6.42 Å². The summed E-state index contributed by atoms with van der Waals surface area (Å²) in [7, 11) is 0. The van der Waals surface area contributed by atoms with Crippen LogP contribution < -0.4 is 0 Å². The monoisotopic (exact) mass is 460 g/mol. The summed E-state index contributed by atoms with van der Waals surface area (Å²) in [6, 6.07) is 14.0. The Morgan fingerprint density at radius 3 is 2.15 bits per heavy atom. The van der Waals surface area contributed by atoms with Crippen LogP contribution in [0, 0.1) is 41.1 Å². The van der Waals surface area contributed by atoms with E-state index in [4.69, 9.17) is 0 Å². The maximum absolute atomic E-state index is 13.9. The van der Waals surface area contributed by atoms with Gasteiger partial charge in [-0.1, -0.05) is 67.9 Å². The first-order chi connectivity index (χ1) is 16.5. The van der Waals surface area contributed by atoms with Crippen molar-refractivity contribution in [1.82, 2.24) is 0 Å². The van der Waals surface area contributed by atoms with E-state index in [-0.39, 0.29) is 5.39 Å². The summed E-state index contributed by atoms with van der Waals surface area (Å²) in [5.74, 6) is 4.10. The van der Waals surface area contributed by atoms with Crippen molar-refractivity contribution in [2.45, 2.75) is 58.3 Å². The zero-order chi connectivity index (χ0) is 23.9. The number of hydrogen-bond acceptors (Lipinski definition) is 0. The molecule has 0 saturated heterocycles. The third-order valence-corrected chi connectivity index (χ3v) is 7.06. The van der Waals surface area contributed by atoms with E-state index in [1.54, 1.807) is 12.1 Å². The number of aryl methyl sites for hydroxylation is 1. The number of halogens is 3. The minimum absolute atomic E-state index is 0.0518. The maximum atomic E-state index is 13.9.